The number of nitrogens with one attached hydrogen (secondary N) is 1. The van der Waals surface area contributed by atoms with Crippen LogP contribution in [0.25, 0.3) is 0 Å². The normalized spacial score (nSPS) is 16.5. The van der Waals surface area contributed by atoms with Crippen molar-refractivity contribution in [2.45, 2.75) is 39.5 Å². The van der Waals surface area contributed by atoms with E-state index in [9.17, 15) is 9.59 Å². The third kappa shape index (κ3) is 3.24. The molecule has 0 spiro atoms. The van der Waals surface area contributed by atoms with Gasteiger partial charge >= 0.3 is 5.97 Å². The van der Waals surface area contributed by atoms with Gasteiger partial charge in [0.05, 0.1) is 18.4 Å². The molecule has 2 heterocycles. The van der Waals surface area contributed by atoms with E-state index in [0.29, 0.717) is 23.1 Å². The summed E-state index contributed by atoms with van der Waals surface area (Å²) in [5.74, 6) is 0.151. The van der Waals surface area contributed by atoms with E-state index in [1.165, 1.54) is 22.5 Å². The van der Waals surface area contributed by atoms with Crippen molar-refractivity contribution in [2.75, 3.05) is 11.9 Å². The monoisotopic (exact) mass is 347 g/mol. The summed E-state index contributed by atoms with van der Waals surface area (Å²) in [6, 6.07) is 3.26. The minimum absolute atomic E-state index is 0.225. The van der Waals surface area contributed by atoms with Gasteiger partial charge < -0.3 is 14.5 Å². The van der Waals surface area contributed by atoms with Crippen LogP contribution in [0.1, 0.15) is 58.0 Å². The lowest BCUT2D eigenvalue weighted by atomic mass is 9.85. The summed E-state index contributed by atoms with van der Waals surface area (Å²) in [5.41, 5.74) is 1.56. The maximum absolute atomic E-state index is 12.4. The molecule has 0 aliphatic heterocycles. The molecule has 0 saturated carbocycles. The van der Waals surface area contributed by atoms with Crippen LogP contribution in [0.4, 0.5) is 5.00 Å². The smallest absolute Gasteiger partial charge is 0.341 e. The van der Waals surface area contributed by atoms with Crippen molar-refractivity contribution in [1.82, 2.24) is 0 Å². The van der Waals surface area contributed by atoms with Crippen LogP contribution in [0.3, 0.4) is 0 Å². The van der Waals surface area contributed by atoms with Crippen LogP contribution in [0, 0.1) is 5.92 Å². The minimum atomic E-state index is -0.361. The van der Waals surface area contributed by atoms with Crippen molar-refractivity contribution in [3.8, 4) is 0 Å². The Hall–Kier alpha value is -2.08. The molecule has 128 valence electrons. The molecular weight excluding hydrogens is 326 g/mol. The van der Waals surface area contributed by atoms with Gasteiger partial charge in [0.25, 0.3) is 5.91 Å². The zero-order valence-corrected chi connectivity index (χ0v) is 14.7. The van der Waals surface area contributed by atoms with Crippen molar-refractivity contribution in [3.05, 3.63) is 40.2 Å². The molecule has 2 aromatic rings. The first-order valence-corrected chi connectivity index (χ1v) is 9.12. The van der Waals surface area contributed by atoms with Gasteiger partial charge in [-0.05, 0) is 49.8 Å². The van der Waals surface area contributed by atoms with E-state index in [0.717, 1.165) is 31.2 Å². The van der Waals surface area contributed by atoms with Crippen LogP contribution >= 0.6 is 11.3 Å². The van der Waals surface area contributed by atoms with Crippen molar-refractivity contribution in [1.29, 1.82) is 0 Å². The van der Waals surface area contributed by atoms with Crippen molar-refractivity contribution < 1.29 is 18.7 Å². The van der Waals surface area contributed by atoms with Crippen LogP contribution < -0.4 is 5.32 Å². The summed E-state index contributed by atoms with van der Waals surface area (Å²) in [5, 5.41) is 3.39. The molecule has 1 atom stereocenters. The second kappa shape index (κ2) is 7.21. The van der Waals surface area contributed by atoms with Crippen LogP contribution in [-0.4, -0.2) is 18.5 Å². The Morgan fingerprint density at radius 1 is 1.42 bits per heavy atom. The van der Waals surface area contributed by atoms with Crippen LogP contribution in [0.15, 0.2) is 22.8 Å². The molecule has 24 heavy (non-hydrogen) atoms. The first-order chi connectivity index (χ1) is 11.6. The van der Waals surface area contributed by atoms with E-state index < -0.39 is 0 Å². The Bertz CT molecular complexity index is 733. The number of anilines is 1. The zero-order valence-electron chi connectivity index (χ0n) is 13.9. The van der Waals surface area contributed by atoms with E-state index in [1.807, 2.05) is 0 Å². The van der Waals surface area contributed by atoms with E-state index in [4.69, 9.17) is 9.15 Å². The molecule has 3 rings (SSSR count). The van der Waals surface area contributed by atoms with Gasteiger partial charge in [0, 0.05) is 4.88 Å². The summed E-state index contributed by atoms with van der Waals surface area (Å²) < 4.78 is 10.3. The number of furan rings is 1. The van der Waals surface area contributed by atoms with Gasteiger partial charge in [0.15, 0.2) is 5.76 Å². The summed E-state index contributed by atoms with van der Waals surface area (Å²) in [6.07, 6.45) is 5.46. The maximum atomic E-state index is 12.4. The van der Waals surface area contributed by atoms with Gasteiger partial charge in [-0.25, -0.2) is 4.79 Å². The highest BCUT2D eigenvalue weighted by molar-refractivity contribution is 7.17. The maximum Gasteiger partial charge on any atom is 0.341 e. The largest absolute Gasteiger partial charge is 0.462 e. The number of ether oxygens (including phenoxy) is 1. The molecule has 1 aliphatic carbocycles. The van der Waals surface area contributed by atoms with E-state index >= 15 is 0 Å². The summed E-state index contributed by atoms with van der Waals surface area (Å²) >= 11 is 1.49. The number of carbonyl (C=O) groups is 2. The van der Waals surface area contributed by atoms with Gasteiger partial charge in [-0.15, -0.1) is 11.3 Å². The van der Waals surface area contributed by atoms with E-state index in [2.05, 4.69) is 12.2 Å². The van der Waals surface area contributed by atoms with E-state index in [-0.39, 0.29) is 17.6 Å². The Morgan fingerprint density at radius 3 is 2.92 bits per heavy atom. The number of rotatable bonds is 5. The molecule has 0 fully saturated rings. The second-order valence-corrected chi connectivity index (χ2v) is 6.98. The topological polar surface area (TPSA) is 68.5 Å². The van der Waals surface area contributed by atoms with Gasteiger partial charge in [-0.2, -0.15) is 0 Å². The van der Waals surface area contributed by atoms with E-state index in [1.54, 1.807) is 19.1 Å². The Labute approximate surface area is 145 Å². The summed E-state index contributed by atoms with van der Waals surface area (Å²) in [7, 11) is 0. The number of carbonyl (C=O) groups excluding carboxylic acids is 2. The molecule has 1 amide bonds. The van der Waals surface area contributed by atoms with Gasteiger partial charge in [0.1, 0.15) is 5.00 Å². The highest BCUT2D eigenvalue weighted by Crippen LogP contribution is 2.41. The van der Waals surface area contributed by atoms with Crippen molar-refractivity contribution >= 4 is 28.2 Å². The molecule has 5 nitrogen and oxygen atoms in total. The molecule has 0 saturated heterocycles. The fraction of sp³-hybridized carbons (Fsp3) is 0.444. The number of hydrogen-bond donors (Lipinski definition) is 1. The predicted octanol–water partition coefficient (Wildman–Crippen LogP) is 4.29. The van der Waals surface area contributed by atoms with Gasteiger partial charge in [0.2, 0.25) is 0 Å². The highest BCUT2D eigenvalue weighted by atomic mass is 32.1. The average molecular weight is 347 g/mol. The molecule has 0 bridgehead atoms. The first kappa shape index (κ1) is 16.8. The molecule has 0 radical (unpaired) electrons. The van der Waals surface area contributed by atoms with Crippen molar-refractivity contribution in [3.63, 3.8) is 0 Å². The third-order valence-electron chi connectivity index (χ3n) is 4.40. The van der Waals surface area contributed by atoms with Crippen LogP contribution in [0.2, 0.25) is 0 Å². The van der Waals surface area contributed by atoms with Gasteiger partial charge in [-0.1, -0.05) is 13.3 Å². The zero-order chi connectivity index (χ0) is 17.1. The molecule has 1 N–H and O–H groups in total. The fourth-order valence-corrected chi connectivity index (χ4v) is 4.43. The standard InChI is InChI=1S/C18H21NO4S/c1-3-11-7-8-12-14(10-11)24-17(15(12)18(21)22-4-2)19-16(20)13-6-5-9-23-13/h5-6,9,11H,3-4,7-8,10H2,1-2H3,(H,19,20)/t11-/m1/s1. The lowest BCUT2D eigenvalue weighted by Crippen LogP contribution is -2.17. The third-order valence-corrected chi connectivity index (χ3v) is 5.57. The number of esters is 1. The van der Waals surface area contributed by atoms with Gasteiger partial charge in [-0.3, -0.25) is 4.79 Å². The number of amides is 1. The molecule has 0 unspecified atom stereocenters. The number of thiophene rings is 1. The minimum Gasteiger partial charge on any atom is -0.462 e. The lowest BCUT2D eigenvalue weighted by Gasteiger charge is -2.20. The Morgan fingerprint density at radius 2 is 2.25 bits per heavy atom. The highest BCUT2D eigenvalue weighted by Gasteiger charge is 2.30. The molecule has 2 aromatic heterocycles. The fourth-order valence-electron chi connectivity index (χ4n) is 3.08. The lowest BCUT2D eigenvalue weighted by molar-refractivity contribution is 0.0526. The van der Waals surface area contributed by atoms with Crippen LogP contribution in [0.5, 0.6) is 0 Å². The summed E-state index contributed by atoms with van der Waals surface area (Å²) in [6.45, 7) is 4.28. The molecular formula is C18H21NO4S. The Balaban J connectivity index is 1.93. The molecule has 6 heteroatoms. The number of fused-ring (bicyclic) bond motifs is 1. The van der Waals surface area contributed by atoms with Crippen molar-refractivity contribution in [2.24, 2.45) is 5.92 Å². The Kier molecular flexibility index (Phi) is 5.04. The SMILES string of the molecule is CCOC(=O)c1c(NC(=O)c2ccco2)sc2c1CC[C@@H](CC)C2. The predicted molar refractivity (Wildman–Crippen MR) is 92.7 cm³/mol. The quantitative estimate of drug-likeness (QED) is 0.820. The molecule has 0 aromatic carbocycles. The average Bonchev–Trinajstić information content (AvgIpc) is 3.21. The summed E-state index contributed by atoms with van der Waals surface area (Å²) in [4.78, 5) is 25.9. The number of hydrogen-bond acceptors (Lipinski definition) is 5. The molecule has 1 aliphatic rings. The second-order valence-electron chi connectivity index (χ2n) is 5.88. The first-order valence-electron chi connectivity index (χ1n) is 8.30. The van der Waals surface area contributed by atoms with Crippen LogP contribution in [-0.2, 0) is 17.6 Å².